The van der Waals surface area contributed by atoms with Gasteiger partial charge in [-0.3, -0.25) is 14.9 Å². The number of fused-ring (bicyclic) bond motifs is 1. The largest absolute Gasteiger partial charge is 0.454 e. The molecule has 0 saturated carbocycles. The number of carbonyl (C=O) groups is 2. The lowest BCUT2D eigenvalue weighted by atomic mass is 9.94. The maximum Gasteiger partial charge on any atom is 0.253 e. The van der Waals surface area contributed by atoms with Crippen LogP contribution in [0.3, 0.4) is 0 Å². The van der Waals surface area contributed by atoms with Crippen molar-refractivity contribution in [3.8, 4) is 17.6 Å². The first-order valence-corrected chi connectivity index (χ1v) is 13.2. The average Bonchev–Trinajstić information content (AvgIpc) is 3.46. The molecule has 0 bridgehead atoms. The van der Waals surface area contributed by atoms with Gasteiger partial charge in [-0.25, -0.2) is 0 Å². The highest BCUT2D eigenvalue weighted by molar-refractivity contribution is 7.98. The third-order valence-electron chi connectivity index (χ3n) is 7.03. The van der Waals surface area contributed by atoms with Crippen LogP contribution in [0, 0.1) is 11.3 Å². The molecule has 2 fully saturated rings. The van der Waals surface area contributed by atoms with Gasteiger partial charge in [-0.2, -0.15) is 17.0 Å². The van der Waals surface area contributed by atoms with E-state index in [0.717, 1.165) is 17.7 Å². The third-order valence-corrected chi connectivity index (χ3v) is 7.67. The number of nitrogens with one attached hydrogen (secondary N) is 1. The summed E-state index contributed by atoms with van der Waals surface area (Å²) < 4.78 is 10.8. The zero-order valence-electron chi connectivity index (χ0n) is 19.7. The molecule has 5 rings (SSSR count). The minimum Gasteiger partial charge on any atom is -0.454 e. The van der Waals surface area contributed by atoms with Crippen LogP contribution in [0.4, 0.5) is 0 Å². The molecule has 2 aromatic rings. The van der Waals surface area contributed by atoms with E-state index in [1.54, 1.807) is 36.0 Å². The molecule has 2 saturated heterocycles. The van der Waals surface area contributed by atoms with E-state index in [2.05, 4.69) is 11.4 Å². The van der Waals surface area contributed by atoms with Crippen LogP contribution in [0.1, 0.15) is 40.7 Å². The minimum atomic E-state index is -0.505. The second-order valence-electron chi connectivity index (χ2n) is 9.11. The van der Waals surface area contributed by atoms with E-state index < -0.39 is 5.66 Å². The fourth-order valence-electron chi connectivity index (χ4n) is 5.15. The molecule has 2 aromatic carbocycles. The van der Waals surface area contributed by atoms with Crippen LogP contribution in [0.5, 0.6) is 11.5 Å². The van der Waals surface area contributed by atoms with E-state index in [4.69, 9.17) is 9.47 Å². The van der Waals surface area contributed by atoms with Gasteiger partial charge in [0, 0.05) is 38.0 Å². The third kappa shape index (κ3) is 4.56. The maximum atomic E-state index is 13.5. The van der Waals surface area contributed by atoms with Gasteiger partial charge < -0.3 is 19.3 Å². The van der Waals surface area contributed by atoms with Crippen molar-refractivity contribution >= 4 is 23.6 Å². The van der Waals surface area contributed by atoms with Gasteiger partial charge in [-0.1, -0.05) is 12.1 Å². The number of hydrogen-bond acceptors (Lipinski definition) is 7. The molecule has 182 valence electrons. The molecule has 2 amide bonds. The molecule has 35 heavy (non-hydrogen) atoms. The molecule has 1 N–H and O–H groups in total. The maximum absolute atomic E-state index is 13.5. The molecule has 1 unspecified atom stereocenters. The number of rotatable bonds is 6. The SMILES string of the molecule is CSCCC1NC2(CCN(C(=O)c3ccc4c(c3)OCO4)CC2)N(Cc2cccc(C#N)c2)C1=O. The fraction of sp³-hybridized carbons (Fsp3) is 0.423. The monoisotopic (exact) mass is 492 g/mol. The summed E-state index contributed by atoms with van der Waals surface area (Å²) in [5.74, 6) is 2.19. The minimum absolute atomic E-state index is 0.0466. The van der Waals surface area contributed by atoms with E-state index in [-0.39, 0.29) is 24.6 Å². The second-order valence-corrected chi connectivity index (χ2v) is 10.1. The normalized spacial score (nSPS) is 20.3. The Morgan fingerprint density at radius 1 is 1.20 bits per heavy atom. The lowest BCUT2D eigenvalue weighted by Gasteiger charge is -2.44. The predicted octanol–water partition coefficient (Wildman–Crippen LogP) is 2.97. The first kappa shape index (κ1) is 23.5. The number of nitriles is 1. The van der Waals surface area contributed by atoms with Gasteiger partial charge in [0.1, 0.15) is 0 Å². The van der Waals surface area contributed by atoms with Crippen molar-refractivity contribution in [3.05, 3.63) is 59.2 Å². The predicted molar refractivity (Wildman–Crippen MR) is 132 cm³/mol. The van der Waals surface area contributed by atoms with Crippen LogP contribution in [0.15, 0.2) is 42.5 Å². The van der Waals surface area contributed by atoms with Crippen molar-refractivity contribution in [1.82, 2.24) is 15.1 Å². The second kappa shape index (κ2) is 9.80. The van der Waals surface area contributed by atoms with Crippen LogP contribution in [0.2, 0.25) is 0 Å². The van der Waals surface area contributed by atoms with Crippen LogP contribution >= 0.6 is 11.8 Å². The van der Waals surface area contributed by atoms with E-state index in [1.165, 1.54) is 0 Å². The lowest BCUT2D eigenvalue weighted by molar-refractivity contribution is -0.134. The van der Waals surface area contributed by atoms with E-state index in [9.17, 15) is 14.9 Å². The van der Waals surface area contributed by atoms with Gasteiger partial charge in [0.15, 0.2) is 11.5 Å². The molecule has 9 heteroatoms. The Balaban J connectivity index is 1.33. The quantitative estimate of drug-likeness (QED) is 0.662. The Morgan fingerprint density at radius 2 is 2.00 bits per heavy atom. The molecular formula is C26H28N4O4S. The van der Waals surface area contributed by atoms with Crippen LogP contribution in [-0.4, -0.2) is 65.2 Å². The molecule has 3 heterocycles. The van der Waals surface area contributed by atoms with Crippen LogP contribution in [-0.2, 0) is 11.3 Å². The Bertz CT molecular complexity index is 1170. The van der Waals surface area contributed by atoms with Crippen molar-refractivity contribution < 1.29 is 19.1 Å². The lowest BCUT2D eigenvalue weighted by Crippen LogP contribution is -2.59. The summed E-state index contributed by atoms with van der Waals surface area (Å²) >= 11 is 1.73. The summed E-state index contributed by atoms with van der Waals surface area (Å²) in [4.78, 5) is 30.5. The summed E-state index contributed by atoms with van der Waals surface area (Å²) in [5, 5.41) is 12.9. The number of piperidine rings is 1. The summed E-state index contributed by atoms with van der Waals surface area (Å²) in [7, 11) is 0. The average molecular weight is 493 g/mol. The summed E-state index contributed by atoms with van der Waals surface area (Å²) in [6.45, 7) is 1.69. The van der Waals surface area contributed by atoms with E-state index in [1.807, 2.05) is 34.3 Å². The summed E-state index contributed by atoms with van der Waals surface area (Å²) in [6.07, 6.45) is 4.09. The van der Waals surface area contributed by atoms with E-state index in [0.29, 0.717) is 55.1 Å². The van der Waals surface area contributed by atoms with Crippen LogP contribution < -0.4 is 14.8 Å². The smallest absolute Gasteiger partial charge is 0.253 e. The zero-order valence-corrected chi connectivity index (χ0v) is 20.5. The Labute approximate surface area is 209 Å². The molecule has 0 aromatic heterocycles. The van der Waals surface area contributed by atoms with Crippen molar-refractivity contribution in [3.63, 3.8) is 0 Å². The molecule has 3 aliphatic heterocycles. The molecule has 8 nitrogen and oxygen atoms in total. The number of benzene rings is 2. The highest BCUT2D eigenvalue weighted by Gasteiger charge is 2.51. The Morgan fingerprint density at radius 3 is 2.77 bits per heavy atom. The number of hydrogen-bond donors (Lipinski definition) is 1. The van der Waals surface area contributed by atoms with Gasteiger partial charge in [-0.05, 0) is 54.3 Å². The first-order chi connectivity index (χ1) is 17.0. The fourth-order valence-corrected chi connectivity index (χ4v) is 5.62. The highest BCUT2D eigenvalue weighted by Crippen LogP contribution is 2.36. The number of nitrogens with zero attached hydrogens (tertiary/aromatic N) is 3. The van der Waals surface area contributed by atoms with Crippen molar-refractivity contribution in [2.24, 2.45) is 0 Å². The van der Waals surface area contributed by atoms with Crippen LogP contribution in [0.25, 0.3) is 0 Å². The molecule has 3 aliphatic rings. The Kier molecular flexibility index (Phi) is 6.58. The zero-order chi connectivity index (χ0) is 24.4. The number of carbonyl (C=O) groups excluding carboxylic acids is 2. The van der Waals surface area contributed by atoms with Gasteiger partial charge >= 0.3 is 0 Å². The number of amides is 2. The topological polar surface area (TPSA) is 94.9 Å². The Hall–Kier alpha value is -3.22. The summed E-state index contributed by atoms with van der Waals surface area (Å²) in [5.41, 5.74) is 1.58. The van der Waals surface area contributed by atoms with E-state index >= 15 is 0 Å². The van der Waals surface area contributed by atoms with Gasteiger partial charge in [0.2, 0.25) is 12.7 Å². The molecule has 0 aliphatic carbocycles. The molecular weight excluding hydrogens is 464 g/mol. The molecule has 0 radical (unpaired) electrons. The van der Waals surface area contributed by atoms with Gasteiger partial charge in [0.25, 0.3) is 5.91 Å². The molecule has 1 atom stereocenters. The van der Waals surface area contributed by atoms with Gasteiger partial charge in [-0.15, -0.1) is 0 Å². The number of thioether (sulfide) groups is 1. The highest BCUT2D eigenvalue weighted by atomic mass is 32.2. The summed E-state index contributed by atoms with van der Waals surface area (Å²) in [6, 6.07) is 14.6. The van der Waals surface area contributed by atoms with Crippen molar-refractivity contribution in [1.29, 1.82) is 5.26 Å². The van der Waals surface area contributed by atoms with Gasteiger partial charge in [0.05, 0.1) is 23.3 Å². The number of likely N-dealkylation sites (tertiary alicyclic amines) is 1. The number of ether oxygens (including phenoxy) is 2. The molecule has 1 spiro atoms. The van der Waals surface area contributed by atoms with Crippen molar-refractivity contribution in [2.45, 2.75) is 37.5 Å². The standard InChI is InChI=1S/C26H28N4O4S/c1-35-12-7-21-25(32)30(16-19-4-2-3-18(13-19)15-27)26(28-21)8-10-29(11-9-26)24(31)20-5-6-22-23(14-20)34-17-33-22/h2-6,13-14,21,28H,7-12,16-17H2,1H3. The first-order valence-electron chi connectivity index (χ1n) is 11.8. The van der Waals surface area contributed by atoms with Crippen molar-refractivity contribution in [2.75, 3.05) is 31.9 Å².